The van der Waals surface area contributed by atoms with E-state index in [0.717, 1.165) is 24.2 Å². The first-order valence-electron chi connectivity index (χ1n) is 8.30. The molecule has 23 heavy (non-hydrogen) atoms. The fourth-order valence-electron chi connectivity index (χ4n) is 3.01. The summed E-state index contributed by atoms with van der Waals surface area (Å²) in [5.41, 5.74) is 1.96. The van der Waals surface area contributed by atoms with E-state index in [4.69, 9.17) is 0 Å². The van der Waals surface area contributed by atoms with Gasteiger partial charge in [0, 0.05) is 13.0 Å². The molecule has 0 aliphatic carbocycles. The minimum absolute atomic E-state index is 0. The predicted molar refractivity (Wildman–Crippen MR) is 95.5 cm³/mol. The smallest absolute Gasteiger partial charge is 0.220 e. The molecule has 1 aliphatic heterocycles. The van der Waals surface area contributed by atoms with Crippen molar-refractivity contribution in [1.82, 2.24) is 10.6 Å². The molecule has 1 aliphatic rings. The van der Waals surface area contributed by atoms with Crippen LogP contribution in [-0.4, -0.2) is 24.1 Å². The Morgan fingerprint density at radius 2 is 2.04 bits per heavy atom. The number of piperidine rings is 1. The zero-order valence-corrected chi connectivity index (χ0v) is 14.9. The van der Waals surface area contributed by atoms with E-state index in [1.54, 1.807) is 6.92 Å². The minimum Gasteiger partial charge on any atom is -0.389 e. The summed E-state index contributed by atoms with van der Waals surface area (Å²) in [4.78, 5) is 12.1. The second kappa shape index (κ2) is 9.91. The van der Waals surface area contributed by atoms with Crippen molar-refractivity contribution in [2.45, 2.75) is 45.8 Å². The maximum absolute atomic E-state index is 12.1. The maximum Gasteiger partial charge on any atom is 0.220 e. The third-order valence-electron chi connectivity index (χ3n) is 4.60. The second-order valence-corrected chi connectivity index (χ2v) is 6.48. The number of aliphatic hydroxyl groups is 1. The Morgan fingerprint density at radius 1 is 1.35 bits per heavy atom. The van der Waals surface area contributed by atoms with E-state index in [1.165, 1.54) is 12.8 Å². The summed E-state index contributed by atoms with van der Waals surface area (Å²) in [7, 11) is 0. The van der Waals surface area contributed by atoms with Gasteiger partial charge in [-0.05, 0) is 55.8 Å². The normalized spacial score (nSPS) is 20.2. The number of amides is 1. The van der Waals surface area contributed by atoms with Gasteiger partial charge in [0.2, 0.25) is 5.91 Å². The van der Waals surface area contributed by atoms with E-state index in [0.29, 0.717) is 24.8 Å². The number of benzene rings is 1. The fourth-order valence-corrected chi connectivity index (χ4v) is 3.01. The Kier molecular flexibility index (Phi) is 8.59. The van der Waals surface area contributed by atoms with Crippen LogP contribution in [0, 0.1) is 11.8 Å². The molecule has 3 unspecified atom stereocenters. The summed E-state index contributed by atoms with van der Waals surface area (Å²) in [5, 5.41) is 15.9. The Labute approximate surface area is 145 Å². The van der Waals surface area contributed by atoms with Gasteiger partial charge in [0.25, 0.3) is 0 Å². The highest BCUT2D eigenvalue weighted by Gasteiger charge is 2.21. The third-order valence-corrected chi connectivity index (χ3v) is 4.60. The van der Waals surface area contributed by atoms with Gasteiger partial charge in [-0.3, -0.25) is 4.79 Å². The average molecular weight is 341 g/mol. The molecule has 0 saturated carbocycles. The molecule has 130 valence electrons. The zero-order chi connectivity index (χ0) is 15.9. The molecule has 3 atom stereocenters. The van der Waals surface area contributed by atoms with Crippen LogP contribution in [-0.2, 0) is 11.3 Å². The van der Waals surface area contributed by atoms with Crippen LogP contribution < -0.4 is 10.6 Å². The van der Waals surface area contributed by atoms with Gasteiger partial charge in [-0.25, -0.2) is 0 Å². The molecular formula is C18H29ClN2O2. The highest BCUT2D eigenvalue weighted by Crippen LogP contribution is 2.22. The van der Waals surface area contributed by atoms with Crippen molar-refractivity contribution in [3.8, 4) is 0 Å². The first-order valence-corrected chi connectivity index (χ1v) is 8.30. The van der Waals surface area contributed by atoms with Crippen molar-refractivity contribution in [2.75, 3.05) is 13.1 Å². The third kappa shape index (κ3) is 6.50. The molecule has 0 bridgehead atoms. The van der Waals surface area contributed by atoms with Gasteiger partial charge in [-0.2, -0.15) is 0 Å². The van der Waals surface area contributed by atoms with Crippen LogP contribution in [0.3, 0.4) is 0 Å². The number of carbonyl (C=O) groups is 1. The molecule has 4 nitrogen and oxygen atoms in total. The minimum atomic E-state index is -0.450. The van der Waals surface area contributed by atoms with Gasteiger partial charge in [0.1, 0.15) is 0 Å². The number of halogens is 1. The van der Waals surface area contributed by atoms with E-state index in [-0.39, 0.29) is 18.3 Å². The summed E-state index contributed by atoms with van der Waals surface area (Å²) < 4.78 is 0. The topological polar surface area (TPSA) is 61.4 Å². The quantitative estimate of drug-likeness (QED) is 0.746. The average Bonchev–Trinajstić information content (AvgIpc) is 2.54. The van der Waals surface area contributed by atoms with Crippen molar-refractivity contribution in [3.63, 3.8) is 0 Å². The molecule has 0 aromatic heterocycles. The van der Waals surface area contributed by atoms with Crippen LogP contribution >= 0.6 is 12.4 Å². The van der Waals surface area contributed by atoms with Crippen LogP contribution in [0.1, 0.15) is 50.3 Å². The first kappa shape index (κ1) is 19.9. The van der Waals surface area contributed by atoms with E-state index >= 15 is 0 Å². The van der Waals surface area contributed by atoms with Crippen molar-refractivity contribution >= 4 is 18.3 Å². The van der Waals surface area contributed by atoms with Crippen molar-refractivity contribution in [1.29, 1.82) is 0 Å². The fraction of sp³-hybridized carbons (Fsp3) is 0.611. The Balaban J connectivity index is 0.00000264. The largest absolute Gasteiger partial charge is 0.389 e. The van der Waals surface area contributed by atoms with E-state index in [2.05, 4.69) is 17.6 Å². The standard InChI is InChI=1S/C18H28N2O2.ClH/c1-13(17-4-3-9-19-12-17)10-18(22)20-11-15-5-7-16(8-6-15)14(2)21;/h5-8,13-14,17,19,21H,3-4,9-12H2,1-2H3,(H,20,22);1H. The van der Waals surface area contributed by atoms with Gasteiger partial charge >= 0.3 is 0 Å². The number of hydrogen-bond acceptors (Lipinski definition) is 3. The van der Waals surface area contributed by atoms with Crippen LogP contribution in [0.4, 0.5) is 0 Å². The molecule has 3 N–H and O–H groups in total. The lowest BCUT2D eigenvalue weighted by Gasteiger charge is -2.28. The monoisotopic (exact) mass is 340 g/mol. The molecule has 1 fully saturated rings. The van der Waals surface area contributed by atoms with E-state index in [9.17, 15) is 9.90 Å². The summed E-state index contributed by atoms with van der Waals surface area (Å²) >= 11 is 0. The number of nitrogens with one attached hydrogen (secondary N) is 2. The SMILES string of the molecule is CC(O)c1ccc(CNC(=O)CC(C)C2CCCNC2)cc1.Cl. The van der Waals surface area contributed by atoms with Crippen molar-refractivity contribution in [3.05, 3.63) is 35.4 Å². The molecule has 2 rings (SSSR count). The number of rotatable bonds is 6. The van der Waals surface area contributed by atoms with Gasteiger partial charge in [0.05, 0.1) is 6.10 Å². The van der Waals surface area contributed by atoms with Crippen LogP contribution in [0.2, 0.25) is 0 Å². The summed E-state index contributed by atoms with van der Waals surface area (Å²) in [6, 6.07) is 7.72. The van der Waals surface area contributed by atoms with E-state index in [1.807, 2.05) is 24.3 Å². The molecule has 0 spiro atoms. The lowest BCUT2D eigenvalue weighted by molar-refractivity contribution is -0.122. The highest BCUT2D eigenvalue weighted by atomic mass is 35.5. The number of hydrogen-bond donors (Lipinski definition) is 3. The molecule has 5 heteroatoms. The van der Waals surface area contributed by atoms with Gasteiger partial charge in [-0.15, -0.1) is 12.4 Å². The Bertz CT molecular complexity index is 470. The Morgan fingerprint density at radius 3 is 2.61 bits per heavy atom. The van der Waals surface area contributed by atoms with Gasteiger partial charge < -0.3 is 15.7 Å². The molecule has 0 radical (unpaired) electrons. The van der Waals surface area contributed by atoms with Gasteiger partial charge in [-0.1, -0.05) is 31.2 Å². The number of carbonyl (C=O) groups excluding carboxylic acids is 1. The Hall–Kier alpha value is -1.10. The highest BCUT2D eigenvalue weighted by molar-refractivity contribution is 5.85. The summed E-state index contributed by atoms with van der Waals surface area (Å²) in [6.07, 6.45) is 2.58. The van der Waals surface area contributed by atoms with Crippen molar-refractivity contribution < 1.29 is 9.90 Å². The summed E-state index contributed by atoms with van der Waals surface area (Å²) in [5.74, 6) is 1.16. The lowest BCUT2D eigenvalue weighted by atomic mass is 9.85. The van der Waals surface area contributed by atoms with Crippen LogP contribution in [0.15, 0.2) is 24.3 Å². The molecule has 1 aromatic carbocycles. The molecule has 1 amide bonds. The van der Waals surface area contributed by atoms with Crippen LogP contribution in [0.25, 0.3) is 0 Å². The van der Waals surface area contributed by atoms with Crippen molar-refractivity contribution in [2.24, 2.45) is 11.8 Å². The molecule has 1 aromatic rings. The zero-order valence-electron chi connectivity index (χ0n) is 14.0. The maximum atomic E-state index is 12.1. The summed E-state index contributed by atoms with van der Waals surface area (Å²) in [6.45, 7) is 6.62. The second-order valence-electron chi connectivity index (χ2n) is 6.48. The molecule has 1 heterocycles. The molecular weight excluding hydrogens is 312 g/mol. The number of aliphatic hydroxyl groups excluding tert-OH is 1. The van der Waals surface area contributed by atoms with E-state index < -0.39 is 6.10 Å². The first-order chi connectivity index (χ1) is 10.6. The van der Waals surface area contributed by atoms with Gasteiger partial charge in [0.15, 0.2) is 0 Å². The predicted octanol–water partition coefficient (Wildman–Crippen LogP) is 2.80. The van der Waals surface area contributed by atoms with Crippen LogP contribution in [0.5, 0.6) is 0 Å². The molecule has 1 saturated heterocycles. The lowest BCUT2D eigenvalue weighted by Crippen LogP contribution is -2.35.